The van der Waals surface area contributed by atoms with Crippen LogP contribution in [0.5, 0.6) is 5.75 Å². The first-order chi connectivity index (χ1) is 14.1. The van der Waals surface area contributed by atoms with Crippen molar-refractivity contribution in [2.24, 2.45) is 0 Å². The van der Waals surface area contributed by atoms with Gasteiger partial charge in [-0.05, 0) is 24.3 Å². The molecule has 7 nitrogen and oxygen atoms in total. The average molecular weight is 426 g/mol. The molecule has 3 heterocycles. The Balaban J connectivity index is 1.86. The number of hydrogen-bond donors (Lipinski definition) is 0. The summed E-state index contributed by atoms with van der Waals surface area (Å²) in [5.74, 6) is 0.0655. The number of methoxy groups -OCH3 is 1. The molecule has 2 aromatic carbocycles. The van der Waals surface area contributed by atoms with E-state index in [1.165, 1.54) is 28.9 Å². The van der Waals surface area contributed by atoms with Crippen LogP contribution in [0.15, 0.2) is 57.2 Å². The molecule has 1 aliphatic heterocycles. The van der Waals surface area contributed by atoms with Gasteiger partial charge in [0.15, 0.2) is 5.43 Å². The fourth-order valence-electron chi connectivity index (χ4n) is 3.60. The summed E-state index contributed by atoms with van der Waals surface area (Å²) >= 11 is 7.28. The molecule has 144 valence electrons. The first kappa shape index (κ1) is 17.8. The van der Waals surface area contributed by atoms with Crippen molar-refractivity contribution in [3.8, 4) is 5.75 Å². The molecule has 0 saturated heterocycles. The lowest BCUT2D eigenvalue weighted by atomic mass is 9.98. The van der Waals surface area contributed by atoms with E-state index in [1.807, 2.05) is 18.2 Å². The van der Waals surface area contributed by atoms with E-state index < -0.39 is 11.9 Å². The second kappa shape index (κ2) is 6.68. The highest BCUT2D eigenvalue weighted by molar-refractivity contribution is 7.13. The Kier molecular flexibility index (Phi) is 4.11. The molecule has 1 atom stereocenters. The highest BCUT2D eigenvalue weighted by atomic mass is 35.5. The minimum Gasteiger partial charge on any atom is -0.496 e. The zero-order valence-corrected chi connectivity index (χ0v) is 16.5. The molecular weight excluding hydrogens is 414 g/mol. The van der Waals surface area contributed by atoms with Crippen LogP contribution in [0.2, 0.25) is 5.02 Å². The van der Waals surface area contributed by atoms with Gasteiger partial charge >= 0.3 is 0 Å². The number of nitrogens with zero attached hydrogens (tertiary/aromatic N) is 3. The third-order valence-corrected chi connectivity index (χ3v) is 5.74. The van der Waals surface area contributed by atoms with Crippen LogP contribution < -0.4 is 15.1 Å². The topological polar surface area (TPSA) is 85.5 Å². The maximum absolute atomic E-state index is 13.4. The van der Waals surface area contributed by atoms with E-state index in [1.54, 1.807) is 24.3 Å². The molecular formula is C20H12ClN3O4S. The molecule has 0 unspecified atom stereocenters. The van der Waals surface area contributed by atoms with Gasteiger partial charge in [0, 0.05) is 10.6 Å². The Labute approximate surface area is 173 Å². The quantitative estimate of drug-likeness (QED) is 0.492. The summed E-state index contributed by atoms with van der Waals surface area (Å²) in [5, 5.41) is 8.96. The first-order valence-electron chi connectivity index (χ1n) is 8.59. The summed E-state index contributed by atoms with van der Waals surface area (Å²) < 4.78 is 11.4. The maximum atomic E-state index is 13.4. The largest absolute Gasteiger partial charge is 0.496 e. The summed E-state index contributed by atoms with van der Waals surface area (Å²) in [4.78, 5) is 28.2. The van der Waals surface area contributed by atoms with Gasteiger partial charge in [-0.15, -0.1) is 10.2 Å². The standard InChI is InChI=1S/C20H12ClN3O4S/c1-27-13-5-3-2-4-11(13)16-15-17(25)12-8-10(21)6-7-14(12)28-18(15)19(26)24(16)20-23-22-9-29-20/h2-9,16H,1H3/t16-/m0/s1. The fraction of sp³-hybridized carbons (Fsp3) is 0.100. The van der Waals surface area contributed by atoms with E-state index >= 15 is 0 Å². The minimum atomic E-state index is -0.763. The molecule has 5 rings (SSSR count). The Morgan fingerprint density at radius 3 is 2.79 bits per heavy atom. The van der Waals surface area contributed by atoms with Crippen molar-refractivity contribution >= 4 is 44.9 Å². The lowest BCUT2D eigenvalue weighted by Gasteiger charge is -2.23. The van der Waals surface area contributed by atoms with Crippen molar-refractivity contribution in [1.82, 2.24) is 10.2 Å². The Morgan fingerprint density at radius 2 is 2.03 bits per heavy atom. The molecule has 0 aliphatic carbocycles. The Hall–Kier alpha value is -3.23. The number of ether oxygens (including phenoxy) is 1. The number of rotatable bonds is 3. The van der Waals surface area contributed by atoms with E-state index in [0.717, 1.165) is 0 Å². The van der Waals surface area contributed by atoms with E-state index in [2.05, 4.69) is 10.2 Å². The smallest absolute Gasteiger partial charge is 0.297 e. The highest BCUT2D eigenvalue weighted by Crippen LogP contribution is 2.44. The van der Waals surface area contributed by atoms with Crippen LogP contribution in [0.4, 0.5) is 5.13 Å². The van der Waals surface area contributed by atoms with Crippen LogP contribution in [0, 0.1) is 0 Å². The summed E-state index contributed by atoms with van der Waals surface area (Å²) in [6.07, 6.45) is 0. The predicted octanol–water partition coefficient (Wildman–Crippen LogP) is 4.06. The number of halogens is 1. The Morgan fingerprint density at radius 1 is 1.21 bits per heavy atom. The van der Waals surface area contributed by atoms with Crippen molar-refractivity contribution in [1.29, 1.82) is 0 Å². The summed E-state index contributed by atoms with van der Waals surface area (Å²) in [6, 6.07) is 11.2. The normalized spacial score (nSPS) is 15.7. The molecule has 0 saturated carbocycles. The molecule has 1 amide bonds. The Bertz CT molecular complexity index is 1320. The molecule has 0 bridgehead atoms. The second-order valence-electron chi connectivity index (χ2n) is 6.36. The molecule has 1 aliphatic rings. The second-order valence-corrected chi connectivity index (χ2v) is 7.60. The number of amides is 1. The van der Waals surface area contributed by atoms with E-state index in [-0.39, 0.29) is 16.8 Å². The van der Waals surface area contributed by atoms with Crippen molar-refractivity contribution in [2.45, 2.75) is 6.04 Å². The van der Waals surface area contributed by atoms with Gasteiger partial charge in [-0.1, -0.05) is 41.1 Å². The van der Waals surface area contributed by atoms with Gasteiger partial charge in [0.05, 0.1) is 18.1 Å². The predicted molar refractivity (Wildman–Crippen MR) is 109 cm³/mol. The monoisotopic (exact) mass is 425 g/mol. The third kappa shape index (κ3) is 2.64. The third-order valence-electron chi connectivity index (χ3n) is 4.82. The highest BCUT2D eigenvalue weighted by Gasteiger charge is 2.45. The van der Waals surface area contributed by atoms with Crippen molar-refractivity contribution in [3.05, 3.63) is 80.1 Å². The molecule has 4 aromatic rings. The molecule has 0 spiro atoms. The molecule has 0 radical (unpaired) electrons. The first-order valence-corrected chi connectivity index (χ1v) is 9.85. The number of carbonyl (C=O) groups is 1. The van der Waals surface area contributed by atoms with E-state index in [9.17, 15) is 9.59 Å². The van der Waals surface area contributed by atoms with Crippen LogP contribution in [-0.4, -0.2) is 23.2 Å². The molecule has 2 aromatic heterocycles. The van der Waals surface area contributed by atoms with Crippen molar-refractivity contribution in [3.63, 3.8) is 0 Å². The summed E-state index contributed by atoms with van der Waals surface area (Å²) in [7, 11) is 1.54. The van der Waals surface area contributed by atoms with Crippen molar-refractivity contribution < 1.29 is 13.9 Å². The van der Waals surface area contributed by atoms with Gasteiger partial charge in [-0.25, -0.2) is 0 Å². The molecule has 0 N–H and O–H groups in total. The van der Waals surface area contributed by atoms with Crippen LogP contribution >= 0.6 is 22.9 Å². The number of anilines is 1. The van der Waals surface area contributed by atoms with E-state index in [0.29, 0.717) is 32.4 Å². The van der Waals surface area contributed by atoms with Crippen molar-refractivity contribution in [2.75, 3.05) is 12.0 Å². The van der Waals surface area contributed by atoms with Gasteiger partial charge in [-0.2, -0.15) is 0 Å². The summed E-state index contributed by atoms with van der Waals surface area (Å²) in [6.45, 7) is 0. The number of aromatic nitrogens is 2. The van der Waals surface area contributed by atoms with Crippen LogP contribution in [0.1, 0.15) is 27.7 Å². The van der Waals surface area contributed by atoms with Crippen LogP contribution in [0.3, 0.4) is 0 Å². The van der Waals surface area contributed by atoms with Gasteiger partial charge < -0.3 is 9.15 Å². The van der Waals surface area contributed by atoms with Crippen LogP contribution in [0.25, 0.3) is 11.0 Å². The SMILES string of the molecule is COc1ccccc1[C@H]1c2c(oc3ccc(Cl)cc3c2=O)C(=O)N1c1nncs1. The average Bonchev–Trinajstić information content (AvgIpc) is 3.35. The zero-order valence-electron chi connectivity index (χ0n) is 15.0. The molecule has 29 heavy (non-hydrogen) atoms. The van der Waals surface area contributed by atoms with Gasteiger partial charge in [-0.3, -0.25) is 14.5 Å². The lowest BCUT2D eigenvalue weighted by molar-refractivity contribution is 0.0970. The minimum absolute atomic E-state index is 0.0177. The zero-order chi connectivity index (χ0) is 20.1. The molecule has 0 fully saturated rings. The van der Waals surface area contributed by atoms with Crippen LogP contribution in [-0.2, 0) is 0 Å². The van der Waals surface area contributed by atoms with E-state index in [4.69, 9.17) is 20.8 Å². The number of fused-ring (bicyclic) bond motifs is 2. The van der Waals surface area contributed by atoms with Gasteiger partial charge in [0.2, 0.25) is 10.9 Å². The number of para-hydroxylation sites is 1. The van der Waals surface area contributed by atoms with Gasteiger partial charge in [0.25, 0.3) is 5.91 Å². The number of benzene rings is 2. The lowest BCUT2D eigenvalue weighted by Crippen LogP contribution is -2.29. The summed E-state index contributed by atoms with van der Waals surface area (Å²) in [5.41, 5.74) is 2.37. The maximum Gasteiger partial charge on any atom is 0.297 e. The fourth-order valence-corrected chi connectivity index (χ4v) is 4.36. The molecule has 9 heteroatoms. The van der Waals surface area contributed by atoms with Gasteiger partial charge in [0.1, 0.15) is 22.9 Å². The number of hydrogen-bond acceptors (Lipinski definition) is 7. The number of carbonyl (C=O) groups excluding carboxylic acids is 1.